The minimum Gasteiger partial charge on any atom is -0.326 e. The van der Waals surface area contributed by atoms with Crippen LogP contribution in [-0.4, -0.2) is 50.8 Å². The van der Waals surface area contributed by atoms with Gasteiger partial charge in [-0.1, -0.05) is 0 Å². The topological polar surface area (TPSA) is 105 Å². The van der Waals surface area contributed by atoms with E-state index in [4.69, 9.17) is 14.4 Å². The first-order valence-electron chi connectivity index (χ1n) is 10.2. The lowest BCUT2D eigenvalue weighted by molar-refractivity contribution is -0.0868. The van der Waals surface area contributed by atoms with Gasteiger partial charge in [-0.3, -0.25) is 9.45 Å². The molecule has 0 spiro atoms. The van der Waals surface area contributed by atoms with E-state index in [1.165, 1.54) is 6.20 Å². The summed E-state index contributed by atoms with van der Waals surface area (Å²) in [5, 5.41) is 4.12. The monoisotopic (exact) mass is 434 g/mol. The van der Waals surface area contributed by atoms with Crippen LogP contribution in [0.15, 0.2) is 18.3 Å². The van der Waals surface area contributed by atoms with Gasteiger partial charge in [-0.25, -0.2) is 8.78 Å². The lowest BCUT2D eigenvalue weighted by atomic mass is 9.89. The summed E-state index contributed by atoms with van der Waals surface area (Å²) < 4.78 is 97.6. The fourth-order valence-corrected chi connectivity index (χ4v) is 4.47. The summed E-state index contributed by atoms with van der Waals surface area (Å²) >= 11 is 0. The minimum atomic E-state index is -4.50. The van der Waals surface area contributed by atoms with E-state index in [0.717, 1.165) is 0 Å². The largest absolute Gasteiger partial charge is 0.379 e. The average molecular weight is 434 g/mol. The maximum atomic E-state index is 15.0. The SMILES string of the molecule is [2H]C([2H])([2H])c1cc(F)c([C@@H]2[C@@H](N)C[C@@H](N3Cc4cn(S(=O)(=O)O)nc4C3)CN2F)cc1F. The molecule has 1 fully saturated rings. The van der Waals surface area contributed by atoms with E-state index in [9.17, 15) is 17.2 Å². The Morgan fingerprint density at radius 3 is 2.69 bits per heavy atom. The maximum Gasteiger partial charge on any atom is 0.379 e. The van der Waals surface area contributed by atoms with Gasteiger partial charge in [0, 0.05) is 53.2 Å². The highest BCUT2D eigenvalue weighted by Gasteiger charge is 2.41. The zero-order chi connectivity index (χ0) is 23.6. The van der Waals surface area contributed by atoms with Crippen LogP contribution in [0.2, 0.25) is 0 Å². The van der Waals surface area contributed by atoms with Crippen molar-refractivity contribution in [1.82, 2.24) is 19.2 Å². The molecule has 0 amide bonds. The van der Waals surface area contributed by atoms with Gasteiger partial charge >= 0.3 is 10.3 Å². The summed E-state index contributed by atoms with van der Waals surface area (Å²) in [6, 6.07) is -1.43. The third-order valence-corrected chi connectivity index (χ3v) is 6.04. The smallest absolute Gasteiger partial charge is 0.326 e. The second kappa shape index (κ2) is 7.06. The van der Waals surface area contributed by atoms with Crippen LogP contribution in [-0.2, 0) is 23.4 Å². The summed E-state index contributed by atoms with van der Waals surface area (Å²) in [6.45, 7) is -2.60. The second-order valence-electron chi connectivity index (χ2n) is 7.29. The number of aromatic nitrogens is 2. The van der Waals surface area contributed by atoms with Crippen molar-refractivity contribution in [2.75, 3.05) is 6.54 Å². The molecule has 3 atom stereocenters. The molecule has 1 saturated heterocycles. The number of halogens is 3. The Hall–Kier alpha value is -1.99. The normalized spacial score (nSPS) is 28.0. The summed E-state index contributed by atoms with van der Waals surface area (Å²) in [4.78, 5) is 1.82. The molecular formula is C17H20F3N5O3S. The molecule has 3 N–H and O–H groups in total. The molecule has 12 heteroatoms. The Bertz CT molecular complexity index is 1120. The molecule has 2 aliphatic heterocycles. The number of nitrogens with two attached hydrogens (primary N) is 1. The molecule has 1 aromatic heterocycles. The number of nitrogens with zero attached hydrogens (tertiary/aromatic N) is 4. The van der Waals surface area contributed by atoms with E-state index in [2.05, 4.69) is 5.10 Å². The number of rotatable bonds is 3. The van der Waals surface area contributed by atoms with Crippen molar-refractivity contribution < 1.29 is 30.3 Å². The van der Waals surface area contributed by atoms with Crippen molar-refractivity contribution in [3.05, 3.63) is 52.3 Å². The van der Waals surface area contributed by atoms with Crippen LogP contribution in [0.5, 0.6) is 0 Å². The number of aryl methyl sites for hydroxylation is 1. The van der Waals surface area contributed by atoms with Crippen LogP contribution in [0.4, 0.5) is 13.3 Å². The molecule has 8 nitrogen and oxygen atoms in total. The van der Waals surface area contributed by atoms with Gasteiger partial charge in [-0.15, -0.1) is 13.7 Å². The Balaban J connectivity index is 1.51. The zero-order valence-corrected chi connectivity index (χ0v) is 15.8. The third kappa shape index (κ3) is 3.66. The summed E-state index contributed by atoms with van der Waals surface area (Å²) in [6.07, 6.45) is 1.39. The maximum absolute atomic E-state index is 15.0. The predicted octanol–water partition coefficient (Wildman–Crippen LogP) is 1.46. The molecule has 3 heterocycles. The highest BCUT2D eigenvalue weighted by Crippen LogP contribution is 2.36. The molecular weight excluding hydrogens is 411 g/mol. The standard InChI is InChI=1S/C17H20F3N5O3S/c1-9-2-14(19)12(4-13(9)18)17-15(21)3-11(7-24(17)20)23-5-10-6-25(29(26,27)28)22-16(10)8-23/h2,4,6,11,15,17H,3,5,7-8,21H2,1H3,(H,26,27,28)/t11-,15+,17-/m1/s1/i1D3. The van der Waals surface area contributed by atoms with E-state index in [1.807, 2.05) is 4.90 Å². The van der Waals surface area contributed by atoms with Gasteiger partial charge < -0.3 is 5.73 Å². The minimum absolute atomic E-state index is 0.191. The summed E-state index contributed by atoms with van der Waals surface area (Å²) in [7, 11) is -4.50. The fraction of sp³-hybridized carbons (Fsp3) is 0.471. The van der Waals surface area contributed by atoms with E-state index in [0.29, 0.717) is 32.6 Å². The van der Waals surface area contributed by atoms with Crippen LogP contribution in [0.1, 0.15) is 39.0 Å². The first kappa shape index (κ1) is 16.8. The van der Waals surface area contributed by atoms with Gasteiger partial charge in [-0.05, 0) is 31.0 Å². The molecule has 158 valence electrons. The summed E-state index contributed by atoms with van der Waals surface area (Å²) in [5.74, 6) is -2.22. The fourth-order valence-electron chi connectivity index (χ4n) is 4.00. The Morgan fingerprint density at radius 2 is 2.07 bits per heavy atom. The van der Waals surface area contributed by atoms with Crippen LogP contribution >= 0.6 is 0 Å². The van der Waals surface area contributed by atoms with Crippen LogP contribution in [0, 0.1) is 18.5 Å². The zero-order valence-electron chi connectivity index (χ0n) is 18.0. The molecule has 2 aliphatic rings. The number of fused-ring (bicyclic) bond motifs is 1. The van der Waals surface area contributed by atoms with Gasteiger partial charge in [0.25, 0.3) is 0 Å². The first-order valence-corrected chi connectivity index (χ1v) is 10.1. The second-order valence-corrected chi connectivity index (χ2v) is 8.56. The van der Waals surface area contributed by atoms with Gasteiger partial charge in [-0.2, -0.15) is 13.5 Å². The van der Waals surface area contributed by atoms with Gasteiger partial charge in [0.15, 0.2) is 0 Å². The van der Waals surface area contributed by atoms with E-state index in [-0.39, 0.29) is 31.6 Å². The lowest BCUT2D eigenvalue weighted by Crippen LogP contribution is -2.53. The molecule has 0 radical (unpaired) electrons. The molecule has 0 unspecified atom stereocenters. The van der Waals surface area contributed by atoms with E-state index < -0.39 is 52.5 Å². The average Bonchev–Trinajstić information content (AvgIpc) is 3.21. The first-order chi connectivity index (χ1) is 14.8. The number of piperidine rings is 1. The predicted molar refractivity (Wildman–Crippen MR) is 96.5 cm³/mol. The van der Waals surface area contributed by atoms with E-state index >= 15 is 4.48 Å². The lowest BCUT2D eigenvalue weighted by Gasteiger charge is -2.41. The molecule has 0 bridgehead atoms. The molecule has 4 rings (SSSR count). The van der Waals surface area contributed by atoms with Crippen LogP contribution in [0.3, 0.4) is 0 Å². The molecule has 0 aliphatic carbocycles. The highest BCUT2D eigenvalue weighted by atomic mass is 32.2. The van der Waals surface area contributed by atoms with Crippen LogP contribution < -0.4 is 5.73 Å². The quantitative estimate of drug-likeness (QED) is 0.557. The molecule has 2 aromatic rings. The molecule has 29 heavy (non-hydrogen) atoms. The number of hydrogen-bond donors (Lipinski definition) is 2. The summed E-state index contributed by atoms with van der Waals surface area (Å²) in [5.41, 5.74) is 5.94. The van der Waals surface area contributed by atoms with Crippen molar-refractivity contribution in [2.45, 2.75) is 44.5 Å². The Labute approximate surface area is 169 Å². The number of hydrogen-bond acceptors (Lipinski definition) is 6. The molecule has 0 saturated carbocycles. The highest BCUT2D eigenvalue weighted by molar-refractivity contribution is 7.84. The molecule has 1 aromatic carbocycles. The third-order valence-electron chi connectivity index (χ3n) is 5.38. The van der Waals surface area contributed by atoms with Crippen molar-refractivity contribution >= 4 is 10.3 Å². The van der Waals surface area contributed by atoms with Crippen molar-refractivity contribution in [2.24, 2.45) is 5.73 Å². The van der Waals surface area contributed by atoms with Gasteiger partial charge in [0.05, 0.1) is 11.7 Å². The van der Waals surface area contributed by atoms with Crippen molar-refractivity contribution in [1.29, 1.82) is 0 Å². The van der Waals surface area contributed by atoms with E-state index in [1.54, 1.807) is 0 Å². The Kier molecular flexibility index (Phi) is 4.08. The van der Waals surface area contributed by atoms with Gasteiger partial charge in [0.1, 0.15) is 11.6 Å². The van der Waals surface area contributed by atoms with Crippen LogP contribution in [0.25, 0.3) is 0 Å². The van der Waals surface area contributed by atoms with Crippen molar-refractivity contribution in [3.8, 4) is 0 Å². The Morgan fingerprint density at radius 1 is 1.31 bits per heavy atom. The van der Waals surface area contributed by atoms with Gasteiger partial charge in [0.2, 0.25) is 0 Å². The number of benzene rings is 1. The van der Waals surface area contributed by atoms with Crippen molar-refractivity contribution in [3.63, 3.8) is 0 Å².